The highest BCUT2D eigenvalue weighted by Gasteiger charge is 2.19. The van der Waals surface area contributed by atoms with E-state index in [4.69, 9.17) is 33.7 Å². The summed E-state index contributed by atoms with van der Waals surface area (Å²) in [5, 5.41) is 0.437. The number of ether oxygens (including phenoxy) is 1. The van der Waals surface area contributed by atoms with Crippen molar-refractivity contribution in [1.82, 2.24) is 0 Å². The second kappa shape index (κ2) is 5.38. The molecule has 0 saturated heterocycles. The van der Waals surface area contributed by atoms with Crippen molar-refractivity contribution in [2.24, 2.45) is 0 Å². The third kappa shape index (κ3) is 3.35. The van der Waals surface area contributed by atoms with E-state index in [1.54, 1.807) is 0 Å². The van der Waals surface area contributed by atoms with E-state index in [1.165, 1.54) is 26.0 Å². The number of nitrogen functional groups attached to an aromatic ring is 1. The van der Waals surface area contributed by atoms with E-state index in [1.807, 2.05) is 0 Å². The van der Waals surface area contributed by atoms with Gasteiger partial charge >= 0.3 is 5.97 Å². The zero-order chi connectivity index (χ0) is 13.2. The van der Waals surface area contributed by atoms with Crippen LogP contribution < -0.4 is 5.73 Å². The molecule has 0 aromatic heterocycles. The molecular weight excluding hydrogens is 265 g/mol. The number of anilines is 1. The van der Waals surface area contributed by atoms with Gasteiger partial charge in [0.25, 0.3) is 0 Å². The number of carbonyl (C=O) groups is 2. The molecule has 0 heterocycles. The number of ketones is 1. The summed E-state index contributed by atoms with van der Waals surface area (Å²) in [7, 11) is 0. The summed E-state index contributed by atoms with van der Waals surface area (Å²) in [5.41, 5.74) is 5.76. The topological polar surface area (TPSA) is 69.4 Å². The van der Waals surface area contributed by atoms with Crippen molar-refractivity contribution in [3.8, 4) is 0 Å². The van der Waals surface area contributed by atoms with Crippen molar-refractivity contribution < 1.29 is 14.3 Å². The van der Waals surface area contributed by atoms with Gasteiger partial charge in [-0.2, -0.15) is 0 Å². The maximum atomic E-state index is 11.7. The van der Waals surface area contributed by atoms with Crippen LogP contribution in [0, 0.1) is 0 Å². The Bertz CT molecular complexity index is 474. The third-order valence-corrected chi connectivity index (χ3v) is 2.70. The lowest BCUT2D eigenvalue weighted by atomic mass is 10.2. The van der Waals surface area contributed by atoms with Gasteiger partial charge in [-0.15, -0.1) is 0 Å². The van der Waals surface area contributed by atoms with Gasteiger partial charge in [0.2, 0.25) is 0 Å². The summed E-state index contributed by atoms with van der Waals surface area (Å²) in [6, 6.07) is 2.77. The van der Waals surface area contributed by atoms with Crippen LogP contribution in [0.3, 0.4) is 0 Å². The number of nitrogens with two attached hydrogens (primary N) is 1. The first-order valence-electron chi connectivity index (χ1n) is 4.79. The van der Waals surface area contributed by atoms with Gasteiger partial charge in [0.15, 0.2) is 11.9 Å². The first-order valence-corrected chi connectivity index (χ1v) is 5.54. The molecule has 0 aliphatic heterocycles. The highest BCUT2D eigenvalue weighted by molar-refractivity contribution is 6.37. The molecule has 0 spiro atoms. The molecule has 0 aliphatic rings. The Morgan fingerprint density at radius 1 is 1.35 bits per heavy atom. The quantitative estimate of drug-likeness (QED) is 0.680. The number of hydrogen-bond donors (Lipinski definition) is 1. The molecule has 92 valence electrons. The van der Waals surface area contributed by atoms with Crippen molar-refractivity contribution in [3.05, 3.63) is 27.7 Å². The van der Waals surface area contributed by atoms with Crippen molar-refractivity contribution in [2.45, 2.75) is 20.0 Å². The molecule has 0 bridgehead atoms. The number of Topliss-reactive ketones (excluding diaryl/α,β-unsaturated/α-hetero) is 1. The first kappa shape index (κ1) is 13.8. The molecule has 0 saturated carbocycles. The normalized spacial score (nSPS) is 12.0. The van der Waals surface area contributed by atoms with E-state index in [9.17, 15) is 9.59 Å². The van der Waals surface area contributed by atoms with Crippen molar-refractivity contribution in [3.63, 3.8) is 0 Å². The summed E-state index contributed by atoms with van der Waals surface area (Å²) in [6.45, 7) is 2.80. The van der Waals surface area contributed by atoms with Gasteiger partial charge in [-0.1, -0.05) is 23.2 Å². The fourth-order valence-electron chi connectivity index (χ4n) is 1.06. The van der Waals surface area contributed by atoms with Crippen LogP contribution in [0.2, 0.25) is 10.0 Å². The lowest BCUT2D eigenvalue weighted by Gasteiger charge is -2.12. The molecular formula is C11H11Cl2NO3. The van der Waals surface area contributed by atoms with Gasteiger partial charge in [-0.3, -0.25) is 4.79 Å². The Morgan fingerprint density at radius 3 is 2.47 bits per heavy atom. The SMILES string of the molecule is CC(=O)C(C)OC(=O)c1cc(Cl)cc(Cl)c1N. The molecule has 0 amide bonds. The maximum absolute atomic E-state index is 11.7. The van der Waals surface area contributed by atoms with Gasteiger partial charge in [-0.25, -0.2) is 4.79 Å². The van der Waals surface area contributed by atoms with E-state index >= 15 is 0 Å². The van der Waals surface area contributed by atoms with E-state index in [0.717, 1.165) is 0 Å². The fraction of sp³-hybridized carbons (Fsp3) is 0.273. The van der Waals surface area contributed by atoms with E-state index in [2.05, 4.69) is 0 Å². The largest absolute Gasteiger partial charge is 0.451 e. The number of rotatable bonds is 3. The van der Waals surface area contributed by atoms with Crippen LogP contribution in [0.25, 0.3) is 0 Å². The average Bonchev–Trinajstić information content (AvgIpc) is 2.22. The molecule has 0 aliphatic carbocycles. The first-order chi connectivity index (χ1) is 7.82. The average molecular weight is 276 g/mol. The van der Waals surface area contributed by atoms with Crippen LogP contribution in [-0.4, -0.2) is 17.9 Å². The highest BCUT2D eigenvalue weighted by Crippen LogP contribution is 2.28. The molecule has 1 aromatic rings. The molecule has 1 atom stereocenters. The molecule has 1 unspecified atom stereocenters. The lowest BCUT2D eigenvalue weighted by molar-refractivity contribution is -0.124. The van der Waals surface area contributed by atoms with Gasteiger partial charge < -0.3 is 10.5 Å². The Morgan fingerprint density at radius 2 is 1.94 bits per heavy atom. The fourth-order valence-corrected chi connectivity index (χ4v) is 1.55. The van der Waals surface area contributed by atoms with Crippen molar-refractivity contribution in [1.29, 1.82) is 0 Å². The number of benzene rings is 1. The molecule has 4 nitrogen and oxygen atoms in total. The number of esters is 1. The zero-order valence-electron chi connectivity index (χ0n) is 9.29. The highest BCUT2D eigenvalue weighted by atomic mass is 35.5. The van der Waals surface area contributed by atoms with Gasteiger partial charge in [0.1, 0.15) is 0 Å². The minimum Gasteiger partial charge on any atom is -0.451 e. The molecule has 0 radical (unpaired) electrons. The Balaban J connectivity index is 3.01. The molecule has 2 N–H and O–H groups in total. The maximum Gasteiger partial charge on any atom is 0.341 e. The van der Waals surface area contributed by atoms with Gasteiger partial charge in [-0.05, 0) is 26.0 Å². The summed E-state index contributed by atoms with van der Waals surface area (Å²) in [6.07, 6.45) is -0.834. The molecule has 6 heteroatoms. The Hall–Kier alpha value is -1.26. The second-order valence-corrected chi connectivity index (χ2v) is 4.35. The van der Waals surface area contributed by atoms with E-state index in [-0.39, 0.29) is 27.1 Å². The summed E-state index contributed by atoms with van der Waals surface area (Å²) < 4.78 is 4.90. The molecule has 0 fully saturated rings. The Labute approximate surface area is 109 Å². The molecule has 1 aromatic carbocycles. The van der Waals surface area contributed by atoms with E-state index < -0.39 is 12.1 Å². The zero-order valence-corrected chi connectivity index (χ0v) is 10.8. The molecule has 17 heavy (non-hydrogen) atoms. The Kier molecular flexibility index (Phi) is 4.37. The number of halogens is 2. The minimum absolute atomic E-state index is 0.0515. The van der Waals surface area contributed by atoms with E-state index in [0.29, 0.717) is 0 Å². The monoisotopic (exact) mass is 275 g/mol. The van der Waals surface area contributed by atoms with Crippen LogP contribution in [-0.2, 0) is 9.53 Å². The van der Waals surface area contributed by atoms with Gasteiger partial charge in [0, 0.05) is 5.02 Å². The number of hydrogen-bond acceptors (Lipinski definition) is 4. The predicted molar refractivity (Wildman–Crippen MR) is 66.4 cm³/mol. The van der Waals surface area contributed by atoms with Gasteiger partial charge in [0.05, 0.1) is 16.3 Å². The van der Waals surface area contributed by atoms with Crippen molar-refractivity contribution in [2.75, 3.05) is 5.73 Å². The molecule has 1 rings (SSSR count). The predicted octanol–water partition coefficient (Wildman–Crippen LogP) is 2.71. The van der Waals surface area contributed by atoms with Crippen LogP contribution in [0.4, 0.5) is 5.69 Å². The van der Waals surface area contributed by atoms with Crippen molar-refractivity contribution >= 4 is 40.6 Å². The summed E-state index contributed by atoms with van der Waals surface area (Å²) in [5.74, 6) is -0.986. The van der Waals surface area contributed by atoms with Crippen LogP contribution in [0.1, 0.15) is 24.2 Å². The third-order valence-electron chi connectivity index (χ3n) is 2.17. The van der Waals surface area contributed by atoms with Crippen LogP contribution >= 0.6 is 23.2 Å². The minimum atomic E-state index is -0.834. The lowest BCUT2D eigenvalue weighted by Crippen LogP contribution is -2.22. The summed E-state index contributed by atoms with van der Waals surface area (Å²) in [4.78, 5) is 22.7. The summed E-state index contributed by atoms with van der Waals surface area (Å²) >= 11 is 11.5. The van der Waals surface area contributed by atoms with Crippen LogP contribution in [0.15, 0.2) is 12.1 Å². The van der Waals surface area contributed by atoms with Crippen LogP contribution in [0.5, 0.6) is 0 Å². The number of carbonyl (C=O) groups excluding carboxylic acids is 2. The standard InChI is InChI=1S/C11H11Cl2NO3/c1-5(15)6(2)17-11(16)8-3-7(12)4-9(13)10(8)14/h3-4,6H,14H2,1-2H3. The smallest absolute Gasteiger partial charge is 0.341 e. The second-order valence-electron chi connectivity index (χ2n) is 3.51.